The van der Waals surface area contributed by atoms with E-state index in [9.17, 15) is 14.7 Å². The molecule has 1 atom stereocenters. The molecule has 0 spiro atoms. The topological polar surface area (TPSA) is 70.0 Å². The van der Waals surface area contributed by atoms with Crippen molar-refractivity contribution in [3.05, 3.63) is 64.7 Å². The standard InChI is InChI=1S/C24H25ClN2O3/c25-18-12-13-20-19(14-18)22(16-8-6-3-7-9-16)26-23(17-10-4-1-2-5-11-17)24(30)27(20)15-21(28)29/h3,6-9,12-14,17,23H,1-2,4-5,10-11,15H2,(H,28,29)/t23-/m0/s1. The number of hydrogen-bond acceptors (Lipinski definition) is 3. The molecule has 2 aromatic carbocycles. The molecule has 0 bridgehead atoms. The largest absolute Gasteiger partial charge is 0.480 e. The molecule has 4 rings (SSSR count). The van der Waals surface area contributed by atoms with Gasteiger partial charge in [0.1, 0.15) is 12.6 Å². The lowest BCUT2D eigenvalue weighted by Crippen LogP contribution is -2.44. The number of aliphatic carboxylic acids is 1. The fourth-order valence-corrected chi connectivity index (χ4v) is 4.71. The van der Waals surface area contributed by atoms with Crippen molar-refractivity contribution >= 4 is 34.9 Å². The molecule has 2 aliphatic rings. The van der Waals surface area contributed by atoms with E-state index in [1.807, 2.05) is 30.3 Å². The predicted molar refractivity (Wildman–Crippen MR) is 119 cm³/mol. The molecule has 156 valence electrons. The molecule has 1 saturated carbocycles. The summed E-state index contributed by atoms with van der Waals surface area (Å²) in [6.07, 6.45) is 6.34. The molecule has 0 unspecified atom stereocenters. The van der Waals surface area contributed by atoms with Gasteiger partial charge in [0.15, 0.2) is 0 Å². The third-order valence-corrected chi connectivity index (χ3v) is 6.21. The van der Waals surface area contributed by atoms with Gasteiger partial charge in [-0.25, -0.2) is 0 Å². The predicted octanol–water partition coefficient (Wildman–Crippen LogP) is 4.95. The number of aliphatic imine (C=N–C) groups is 1. The quantitative estimate of drug-likeness (QED) is 0.706. The van der Waals surface area contributed by atoms with E-state index in [0.717, 1.165) is 31.2 Å². The van der Waals surface area contributed by atoms with Crippen LogP contribution in [0.1, 0.15) is 49.7 Å². The van der Waals surface area contributed by atoms with Gasteiger partial charge in [-0.3, -0.25) is 19.5 Å². The molecule has 1 N–H and O–H groups in total. The Labute approximate surface area is 181 Å². The van der Waals surface area contributed by atoms with Crippen molar-refractivity contribution in [3.8, 4) is 0 Å². The van der Waals surface area contributed by atoms with Crippen molar-refractivity contribution in [3.63, 3.8) is 0 Å². The number of nitrogens with zero attached hydrogens (tertiary/aromatic N) is 2. The highest BCUT2D eigenvalue weighted by molar-refractivity contribution is 6.32. The molecule has 0 saturated heterocycles. The Kier molecular flexibility index (Phi) is 6.18. The first-order valence-corrected chi connectivity index (χ1v) is 10.9. The van der Waals surface area contributed by atoms with Crippen LogP contribution < -0.4 is 4.90 Å². The molecule has 1 aliphatic carbocycles. The second-order valence-electron chi connectivity index (χ2n) is 8.02. The Morgan fingerprint density at radius 3 is 2.43 bits per heavy atom. The van der Waals surface area contributed by atoms with E-state index in [1.165, 1.54) is 17.7 Å². The second kappa shape index (κ2) is 9.00. The Bertz CT molecular complexity index is 966. The number of benzene rings is 2. The van der Waals surface area contributed by atoms with Crippen LogP contribution in [0.2, 0.25) is 5.02 Å². The lowest BCUT2D eigenvalue weighted by Gasteiger charge is -2.27. The normalized spacial score (nSPS) is 20.2. The van der Waals surface area contributed by atoms with Gasteiger partial charge < -0.3 is 5.11 Å². The number of carboxylic acids is 1. The summed E-state index contributed by atoms with van der Waals surface area (Å²) in [7, 11) is 0. The smallest absolute Gasteiger partial charge is 0.323 e. The molecule has 1 aliphatic heterocycles. The summed E-state index contributed by atoms with van der Waals surface area (Å²) in [5.41, 5.74) is 2.83. The molecule has 0 radical (unpaired) electrons. The average Bonchev–Trinajstić information content (AvgIpc) is 3.07. The number of carboxylic acid groups (broad SMARTS) is 1. The molecule has 2 aromatic rings. The van der Waals surface area contributed by atoms with Crippen LogP contribution >= 0.6 is 11.6 Å². The van der Waals surface area contributed by atoms with Crippen LogP contribution in [0.5, 0.6) is 0 Å². The van der Waals surface area contributed by atoms with Crippen LogP contribution in [-0.2, 0) is 9.59 Å². The molecule has 5 nitrogen and oxygen atoms in total. The summed E-state index contributed by atoms with van der Waals surface area (Å²) in [5.74, 6) is -1.18. The summed E-state index contributed by atoms with van der Waals surface area (Å²) in [4.78, 5) is 31.7. The monoisotopic (exact) mass is 424 g/mol. The van der Waals surface area contributed by atoms with Gasteiger partial charge in [-0.2, -0.15) is 0 Å². The van der Waals surface area contributed by atoms with Gasteiger partial charge in [0.05, 0.1) is 11.4 Å². The van der Waals surface area contributed by atoms with Gasteiger partial charge in [-0.05, 0) is 37.0 Å². The molecule has 1 heterocycles. The zero-order valence-corrected chi connectivity index (χ0v) is 17.5. The van der Waals surface area contributed by atoms with E-state index < -0.39 is 18.6 Å². The third kappa shape index (κ3) is 4.26. The third-order valence-electron chi connectivity index (χ3n) is 5.98. The number of fused-ring (bicyclic) bond motifs is 1. The molecular weight excluding hydrogens is 400 g/mol. The number of halogens is 1. The van der Waals surface area contributed by atoms with Crippen molar-refractivity contribution in [1.82, 2.24) is 0 Å². The summed E-state index contributed by atoms with van der Waals surface area (Å²) >= 11 is 6.30. The van der Waals surface area contributed by atoms with Crippen molar-refractivity contribution in [1.29, 1.82) is 0 Å². The highest BCUT2D eigenvalue weighted by Gasteiger charge is 2.37. The maximum Gasteiger partial charge on any atom is 0.323 e. The van der Waals surface area contributed by atoms with Crippen molar-refractivity contribution in [2.75, 3.05) is 11.4 Å². The van der Waals surface area contributed by atoms with Gasteiger partial charge in [0.2, 0.25) is 0 Å². The zero-order chi connectivity index (χ0) is 21.1. The SMILES string of the molecule is O=C(O)CN1C(=O)[C@H](C2CCCCCC2)N=C(c2ccccc2)c2cc(Cl)ccc21. The minimum Gasteiger partial charge on any atom is -0.480 e. The Hall–Kier alpha value is -2.66. The number of anilines is 1. The lowest BCUT2D eigenvalue weighted by molar-refractivity contribution is -0.137. The minimum absolute atomic E-state index is 0.111. The van der Waals surface area contributed by atoms with E-state index in [4.69, 9.17) is 16.6 Å². The number of benzodiazepines with no additional fused rings is 1. The van der Waals surface area contributed by atoms with E-state index in [0.29, 0.717) is 22.0 Å². The molecule has 1 fully saturated rings. The molecule has 30 heavy (non-hydrogen) atoms. The highest BCUT2D eigenvalue weighted by Crippen LogP contribution is 2.35. The van der Waals surface area contributed by atoms with Gasteiger partial charge in [0, 0.05) is 16.1 Å². The van der Waals surface area contributed by atoms with E-state index >= 15 is 0 Å². The van der Waals surface area contributed by atoms with Crippen molar-refractivity contribution < 1.29 is 14.7 Å². The lowest BCUT2D eigenvalue weighted by atomic mass is 9.91. The molecule has 6 heteroatoms. The first-order chi connectivity index (χ1) is 14.5. The van der Waals surface area contributed by atoms with Crippen LogP contribution in [0, 0.1) is 5.92 Å². The van der Waals surface area contributed by atoms with Crippen LogP contribution in [0.25, 0.3) is 0 Å². The Balaban J connectivity index is 1.90. The Morgan fingerprint density at radius 2 is 1.77 bits per heavy atom. The maximum absolute atomic E-state index is 13.6. The fraction of sp³-hybridized carbons (Fsp3) is 0.375. The number of hydrogen-bond donors (Lipinski definition) is 1. The average molecular weight is 425 g/mol. The van der Waals surface area contributed by atoms with E-state index in [2.05, 4.69) is 0 Å². The summed E-state index contributed by atoms with van der Waals surface area (Å²) in [6.45, 7) is -0.395. The van der Waals surface area contributed by atoms with Crippen LogP contribution in [0.3, 0.4) is 0 Å². The Morgan fingerprint density at radius 1 is 1.07 bits per heavy atom. The van der Waals surface area contributed by atoms with E-state index in [1.54, 1.807) is 18.2 Å². The van der Waals surface area contributed by atoms with Crippen LogP contribution in [0.4, 0.5) is 5.69 Å². The molecular formula is C24H25ClN2O3. The van der Waals surface area contributed by atoms with Gasteiger partial charge in [0.25, 0.3) is 5.91 Å². The first-order valence-electron chi connectivity index (χ1n) is 10.5. The van der Waals surface area contributed by atoms with Gasteiger partial charge in [-0.1, -0.05) is 67.6 Å². The number of carbonyl (C=O) groups is 2. The zero-order valence-electron chi connectivity index (χ0n) is 16.8. The molecule has 1 amide bonds. The number of carbonyl (C=O) groups excluding carboxylic acids is 1. The van der Waals surface area contributed by atoms with Gasteiger partial charge in [-0.15, -0.1) is 0 Å². The first kappa shape index (κ1) is 20.6. The van der Waals surface area contributed by atoms with Crippen molar-refractivity contribution in [2.24, 2.45) is 10.9 Å². The fourth-order valence-electron chi connectivity index (χ4n) is 4.53. The maximum atomic E-state index is 13.6. The molecule has 0 aromatic heterocycles. The summed E-state index contributed by atoms with van der Waals surface area (Å²) < 4.78 is 0. The van der Waals surface area contributed by atoms with Crippen LogP contribution in [0.15, 0.2) is 53.5 Å². The summed E-state index contributed by atoms with van der Waals surface area (Å²) in [5, 5.41) is 10.0. The highest BCUT2D eigenvalue weighted by atomic mass is 35.5. The van der Waals surface area contributed by atoms with Crippen LogP contribution in [-0.4, -0.2) is 35.3 Å². The number of amides is 1. The van der Waals surface area contributed by atoms with Crippen molar-refractivity contribution in [2.45, 2.75) is 44.6 Å². The summed E-state index contributed by atoms with van der Waals surface area (Å²) in [6, 6.07) is 14.3. The second-order valence-corrected chi connectivity index (χ2v) is 8.46. The van der Waals surface area contributed by atoms with E-state index in [-0.39, 0.29) is 11.8 Å². The number of rotatable bonds is 4. The minimum atomic E-state index is -1.05. The van der Waals surface area contributed by atoms with Gasteiger partial charge >= 0.3 is 5.97 Å².